The lowest BCUT2D eigenvalue weighted by atomic mass is 9.97. The minimum Gasteiger partial charge on any atom is -0.493 e. The van der Waals surface area contributed by atoms with E-state index in [9.17, 15) is 0 Å². The third-order valence-corrected chi connectivity index (χ3v) is 4.29. The highest BCUT2D eigenvalue weighted by molar-refractivity contribution is 7.09. The second kappa shape index (κ2) is 6.30. The molecule has 112 valence electrons. The van der Waals surface area contributed by atoms with Crippen molar-refractivity contribution in [1.82, 2.24) is 9.36 Å². The van der Waals surface area contributed by atoms with Gasteiger partial charge >= 0.3 is 0 Å². The Hall–Kier alpha value is -1.82. The Balaban J connectivity index is 1.60. The number of fused-ring (bicyclic) bond motifs is 1. The van der Waals surface area contributed by atoms with Crippen molar-refractivity contribution in [3.63, 3.8) is 0 Å². The number of hydrogen-bond donors (Lipinski definition) is 1. The fourth-order valence-corrected chi connectivity index (χ4v) is 3.08. The first-order valence-electron chi connectivity index (χ1n) is 7.18. The molecule has 3 rings (SSSR count). The lowest BCUT2D eigenvalue weighted by Crippen LogP contribution is -2.17. The number of nitrogens with zero attached hydrogens (tertiary/aromatic N) is 3. The average Bonchev–Trinajstić information content (AvgIpc) is 2.86. The lowest BCUT2D eigenvalue weighted by molar-refractivity contribution is 0.298. The predicted molar refractivity (Wildman–Crippen MR) is 86.5 cm³/mol. The number of rotatable bonds is 4. The first-order valence-corrected chi connectivity index (χ1v) is 7.95. The van der Waals surface area contributed by atoms with Gasteiger partial charge in [0.1, 0.15) is 5.75 Å². The zero-order valence-corrected chi connectivity index (χ0v) is 13.2. The molecule has 0 saturated heterocycles. The van der Waals surface area contributed by atoms with E-state index >= 15 is 0 Å². The summed E-state index contributed by atoms with van der Waals surface area (Å²) in [6, 6.07) is 8.32. The molecule has 2 heterocycles. The van der Waals surface area contributed by atoms with Crippen molar-refractivity contribution >= 4 is 22.6 Å². The van der Waals surface area contributed by atoms with Gasteiger partial charge in [-0.1, -0.05) is 18.2 Å². The van der Waals surface area contributed by atoms with E-state index in [2.05, 4.69) is 32.9 Å². The molecule has 0 bridgehead atoms. The molecule has 0 spiro atoms. The van der Waals surface area contributed by atoms with Crippen LogP contribution in [-0.2, 0) is 6.42 Å². The Labute approximate surface area is 129 Å². The van der Waals surface area contributed by atoms with E-state index in [4.69, 9.17) is 4.74 Å². The van der Waals surface area contributed by atoms with Crippen molar-refractivity contribution in [2.45, 2.75) is 12.8 Å². The van der Waals surface area contributed by atoms with Crippen molar-refractivity contribution in [3.8, 4) is 5.75 Å². The summed E-state index contributed by atoms with van der Waals surface area (Å²) < 4.78 is 10.1. The summed E-state index contributed by atoms with van der Waals surface area (Å²) in [5, 5.41) is 4.30. The Kier molecular flexibility index (Phi) is 4.24. The van der Waals surface area contributed by atoms with Crippen molar-refractivity contribution in [2.24, 2.45) is 5.92 Å². The van der Waals surface area contributed by atoms with Crippen LogP contribution >= 0.6 is 11.5 Å². The van der Waals surface area contributed by atoms with Crippen LogP contribution in [0.3, 0.4) is 0 Å². The molecule has 1 aromatic carbocycles. The number of aromatic nitrogens is 2. The van der Waals surface area contributed by atoms with Gasteiger partial charge in [0, 0.05) is 32.2 Å². The minimum absolute atomic E-state index is 0.556. The van der Waals surface area contributed by atoms with Crippen molar-refractivity contribution in [1.29, 1.82) is 0 Å². The molecule has 2 aromatic rings. The summed E-state index contributed by atoms with van der Waals surface area (Å²) in [4.78, 5) is 6.37. The molecule has 0 aliphatic carbocycles. The smallest absolute Gasteiger partial charge is 0.238 e. The maximum Gasteiger partial charge on any atom is 0.238 e. The molecule has 1 aliphatic rings. The van der Waals surface area contributed by atoms with Gasteiger partial charge in [0.05, 0.1) is 6.61 Å². The van der Waals surface area contributed by atoms with Crippen LogP contribution in [0.5, 0.6) is 5.75 Å². The predicted octanol–water partition coefficient (Wildman–Crippen LogP) is 2.66. The number of hydrogen-bond acceptors (Lipinski definition) is 6. The van der Waals surface area contributed by atoms with Gasteiger partial charge in [-0.15, -0.1) is 0 Å². The van der Waals surface area contributed by atoms with Gasteiger partial charge in [-0.2, -0.15) is 9.36 Å². The highest BCUT2D eigenvalue weighted by Gasteiger charge is 2.17. The lowest BCUT2D eigenvalue weighted by Gasteiger charge is -2.13. The molecule has 0 amide bonds. The number of ether oxygens (including phenoxy) is 1. The average molecular weight is 304 g/mol. The normalized spacial score (nSPS) is 17.5. The monoisotopic (exact) mass is 304 g/mol. The first-order chi connectivity index (χ1) is 10.2. The first kappa shape index (κ1) is 14.1. The number of para-hydroxylation sites is 1. The Morgan fingerprint density at radius 3 is 3.05 bits per heavy atom. The van der Waals surface area contributed by atoms with Crippen LogP contribution < -0.4 is 15.0 Å². The van der Waals surface area contributed by atoms with E-state index in [1.165, 1.54) is 17.1 Å². The van der Waals surface area contributed by atoms with Gasteiger partial charge < -0.3 is 15.0 Å². The molecule has 5 nitrogen and oxygen atoms in total. The van der Waals surface area contributed by atoms with Crippen LogP contribution in [-0.4, -0.2) is 36.6 Å². The molecule has 0 radical (unpaired) electrons. The van der Waals surface area contributed by atoms with Crippen LogP contribution in [0.4, 0.5) is 11.1 Å². The third kappa shape index (κ3) is 3.44. The van der Waals surface area contributed by atoms with E-state index in [0.717, 1.165) is 42.8 Å². The van der Waals surface area contributed by atoms with Gasteiger partial charge in [0.2, 0.25) is 11.1 Å². The van der Waals surface area contributed by atoms with E-state index in [1.54, 1.807) is 0 Å². The molecular formula is C15H20N4OS. The van der Waals surface area contributed by atoms with E-state index in [-0.39, 0.29) is 0 Å². The summed E-state index contributed by atoms with van der Waals surface area (Å²) in [6.45, 7) is 1.68. The molecule has 1 N–H and O–H groups in total. The van der Waals surface area contributed by atoms with Crippen LogP contribution in [0.1, 0.15) is 12.0 Å². The summed E-state index contributed by atoms with van der Waals surface area (Å²) in [7, 11) is 3.90. The standard InChI is InChI=1S/C15H20N4OS/c1-19(2)14-17-15(21-18-14)16-10-11-7-8-20-13-6-4-3-5-12(13)9-11/h3-6,11H,7-10H2,1-2H3,(H,16,17,18). The van der Waals surface area contributed by atoms with E-state index in [0.29, 0.717) is 5.92 Å². The minimum atomic E-state index is 0.556. The molecule has 0 fully saturated rings. The van der Waals surface area contributed by atoms with Gasteiger partial charge in [-0.25, -0.2) is 0 Å². The zero-order chi connectivity index (χ0) is 14.7. The van der Waals surface area contributed by atoms with Crippen molar-refractivity contribution in [3.05, 3.63) is 29.8 Å². The maximum absolute atomic E-state index is 5.81. The van der Waals surface area contributed by atoms with Crippen molar-refractivity contribution in [2.75, 3.05) is 37.5 Å². The highest BCUT2D eigenvalue weighted by Crippen LogP contribution is 2.27. The van der Waals surface area contributed by atoms with Crippen LogP contribution in [0.15, 0.2) is 24.3 Å². The quantitative estimate of drug-likeness (QED) is 0.941. The van der Waals surface area contributed by atoms with Crippen molar-refractivity contribution < 1.29 is 4.74 Å². The molecule has 21 heavy (non-hydrogen) atoms. The zero-order valence-electron chi connectivity index (χ0n) is 12.4. The summed E-state index contributed by atoms with van der Waals surface area (Å²) in [5.41, 5.74) is 1.30. The van der Waals surface area contributed by atoms with Gasteiger partial charge in [0.15, 0.2) is 0 Å². The summed E-state index contributed by atoms with van der Waals surface area (Å²) in [6.07, 6.45) is 2.10. The number of anilines is 2. The fraction of sp³-hybridized carbons (Fsp3) is 0.467. The topological polar surface area (TPSA) is 50.3 Å². The van der Waals surface area contributed by atoms with Gasteiger partial charge in [-0.3, -0.25) is 0 Å². The molecule has 1 aliphatic heterocycles. The molecule has 6 heteroatoms. The second-order valence-corrected chi connectivity index (χ2v) is 6.24. The summed E-state index contributed by atoms with van der Waals surface area (Å²) >= 11 is 1.41. The Morgan fingerprint density at radius 1 is 1.38 bits per heavy atom. The highest BCUT2D eigenvalue weighted by atomic mass is 32.1. The SMILES string of the molecule is CN(C)c1nsc(NCC2CCOc3ccccc3C2)n1. The van der Waals surface area contributed by atoms with Gasteiger partial charge in [-0.05, 0) is 30.4 Å². The maximum atomic E-state index is 5.81. The Morgan fingerprint density at radius 2 is 2.24 bits per heavy atom. The fourth-order valence-electron chi connectivity index (χ4n) is 2.44. The van der Waals surface area contributed by atoms with Crippen LogP contribution in [0.2, 0.25) is 0 Å². The third-order valence-electron chi connectivity index (χ3n) is 3.62. The van der Waals surface area contributed by atoms with Crippen LogP contribution in [0.25, 0.3) is 0 Å². The number of benzene rings is 1. The molecule has 1 aromatic heterocycles. The molecule has 0 saturated carbocycles. The summed E-state index contributed by atoms with van der Waals surface area (Å²) in [5.74, 6) is 2.35. The molecule has 1 atom stereocenters. The van der Waals surface area contributed by atoms with Gasteiger partial charge in [0.25, 0.3) is 0 Å². The van der Waals surface area contributed by atoms with Crippen LogP contribution in [0, 0.1) is 5.92 Å². The largest absolute Gasteiger partial charge is 0.493 e. The molecule has 1 unspecified atom stereocenters. The van der Waals surface area contributed by atoms with E-state index < -0.39 is 0 Å². The Bertz CT molecular complexity index is 599. The van der Waals surface area contributed by atoms with E-state index in [1.807, 2.05) is 25.1 Å². The number of nitrogens with one attached hydrogen (secondary N) is 1. The molecular weight excluding hydrogens is 284 g/mol. The second-order valence-electron chi connectivity index (χ2n) is 5.49.